The number of rotatable bonds is 6. The molecule has 1 aliphatic heterocycles. The molecular formula is C13H22ClN5O. The lowest BCUT2D eigenvalue weighted by Gasteiger charge is -2.33. The number of likely N-dealkylation sites (tertiary alicyclic amines) is 1. The van der Waals surface area contributed by atoms with Crippen LogP contribution in [0.5, 0.6) is 6.01 Å². The molecule has 0 aromatic carbocycles. The Labute approximate surface area is 124 Å². The highest BCUT2D eigenvalue weighted by molar-refractivity contribution is 6.28. The number of anilines is 1. The molecule has 1 aromatic heterocycles. The second-order valence-electron chi connectivity index (χ2n) is 5.08. The van der Waals surface area contributed by atoms with Gasteiger partial charge in [0.05, 0.1) is 7.11 Å². The quantitative estimate of drug-likeness (QED) is 0.813. The van der Waals surface area contributed by atoms with Gasteiger partial charge in [0.1, 0.15) is 0 Å². The summed E-state index contributed by atoms with van der Waals surface area (Å²) in [6.07, 6.45) is 5.04. The molecule has 1 aromatic rings. The molecular weight excluding hydrogens is 278 g/mol. The first-order valence-corrected chi connectivity index (χ1v) is 7.50. The van der Waals surface area contributed by atoms with Crippen molar-refractivity contribution in [3.8, 4) is 6.01 Å². The average molecular weight is 300 g/mol. The summed E-state index contributed by atoms with van der Waals surface area (Å²) in [6.45, 7) is 5.44. The largest absolute Gasteiger partial charge is 0.467 e. The Kier molecular flexibility index (Phi) is 5.79. The Hall–Kier alpha value is -1.14. The first-order valence-electron chi connectivity index (χ1n) is 7.12. The minimum absolute atomic E-state index is 0.143. The van der Waals surface area contributed by atoms with E-state index in [1.165, 1.54) is 32.9 Å². The predicted molar refractivity (Wildman–Crippen MR) is 79.4 cm³/mol. The number of hydrogen-bond donors (Lipinski definition) is 1. The van der Waals surface area contributed by atoms with Crippen LogP contribution in [0.4, 0.5) is 5.95 Å². The van der Waals surface area contributed by atoms with E-state index in [4.69, 9.17) is 16.3 Å². The monoisotopic (exact) mass is 299 g/mol. The van der Waals surface area contributed by atoms with Crippen LogP contribution >= 0.6 is 11.6 Å². The third-order valence-electron chi connectivity index (χ3n) is 3.62. The highest BCUT2D eigenvalue weighted by Crippen LogP contribution is 2.16. The number of piperidine rings is 1. The molecule has 1 unspecified atom stereocenters. The number of hydrogen-bond acceptors (Lipinski definition) is 6. The minimum atomic E-state index is 0.143. The molecule has 0 saturated carbocycles. The molecule has 0 amide bonds. The third kappa shape index (κ3) is 4.45. The van der Waals surface area contributed by atoms with Gasteiger partial charge in [-0.1, -0.05) is 6.42 Å². The number of halogens is 1. The van der Waals surface area contributed by atoms with Crippen LogP contribution in [0, 0.1) is 0 Å². The first kappa shape index (κ1) is 15.3. The van der Waals surface area contributed by atoms with Crippen LogP contribution in [0.3, 0.4) is 0 Å². The number of ether oxygens (including phenoxy) is 1. The van der Waals surface area contributed by atoms with Gasteiger partial charge in [-0.25, -0.2) is 0 Å². The SMILES string of the molecule is COc1nc(Cl)nc(NCCCN2CCCCC2C)n1. The molecule has 6 nitrogen and oxygen atoms in total. The molecule has 1 N–H and O–H groups in total. The van der Waals surface area contributed by atoms with Crippen molar-refractivity contribution in [2.24, 2.45) is 0 Å². The topological polar surface area (TPSA) is 63.2 Å². The van der Waals surface area contributed by atoms with E-state index in [2.05, 4.69) is 32.1 Å². The van der Waals surface area contributed by atoms with Crippen molar-refractivity contribution < 1.29 is 4.74 Å². The number of nitrogens with one attached hydrogen (secondary N) is 1. The summed E-state index contributed by atoms with van der Waals surface area (Å²) in [5.74, 6) is 0.466. The molecule has 112 valence electrons. The number of aromatic nitrogens is 3. The van der Waals surface area contributed by atoms with E-state index in [1.807, 2.05) is 0 Å². The van der Waals surface area contributed by atoms with Crippen LogP contribution in [-0.4, -0.2) is 52.6 Å². The standard InChI is InChI=1S/C13H22ClN5O/c1-10-6-3-4-8-19(10)9-5-7-15-12-16-11(14)17-13(18-12)20-2/h10H,3-9H2,1-2H3,(H,15,16,17,18). The van der Waals surface area contributed by atoms with Crippen molar-refractivity contribution in [2.45, 2.75) is 38.6 Å². The van der Waals surface area contributed by atoms with Crippen LogP contribution in [0.25, 0.3) is 0 Å². The lowest BCUT2D eigenvalue weighted by atomic mass is 10.0. The van der Waals surface area contributed by atoms with Gasteiger partial charge >= 0.3 is 6.01 Å². The Morgan fingerprint density at radius 2 is 2.20 bits per heavy atom. The van der Waals surface area contributed by atoms with Crippen LogP contribution < -0.4 is 10.1 Å². The Morgan fingerprint density at radius 1 is 1.35 bits per heavy atom. The molecule has 1 aliphatic rings. The fourth-order valence-corrected chi connectivity index (χ4v) is 2.63. The summed E-state index contributed by atoms with van der Waals surface area (Å²) in [6, 6.07) is 0.938. The van der Waals surface area contributed by atoms with Crippen molar-refractivity contribution in [1.29, 1.82) is 0 Å². The maximum absolute atomic E-state index is 5.79. The maximum Gasteiger partial charge on any atom is 0.322 e. The Bertz CT molecular complexity index is 431. The van der Waals surface area contributed by atoms with Gasteiger partial charge in [-0.3, -0.25) is 0 Å². The van der Waals surface area contributed by atoms with E-state index >= 15 is 0 Å². The van der Waals surface area contributed by atoms with E-state index in [-0.39, 0.29) is 11.3 Å². The van der Waals surface area contributed by atoms with Crippen LogP contribution in [0.1, 0.15) is 32.6 Å². The summed E-state index contributed by atoms with van der Waals surface area (Å²) in [5, 5.41) is 3.30. The van der Waals surface area contributed by atoms with E-state index in [0.717, 1.165) is 19.5 Å². The van der Waals surface area contributed by atoms with Crippen molar-refractivity contribution in [1.82, 2.24) is 19.9 Å². The van der Waals surface area contributed by atoms with Gasteiger partial charge < -0.3 is 15.0 Å². The molecule has 0 spiro atoms. The zero-order valence-corrected chi connectivity index (χ0v) is 12.9. The zero-order chi connectivity index (χ0) is 14.4. The Balaban J connectivity index is 1.74. The molecule has 7 heteroatoms. The second kappa shape index (κ2) is 7.59. The normalized spacial score (nSPS) is 19.9. The minimum Gasteiger partial charge on any atom is -0.467 e. The van der Waals surface area contributed by atoms with Gasteiger partial charge in [-0.2, -0.15) is 15.0 Å². The third-order valence-corrected chi connectivity index (χ3v) is 3.79. The summed E-state index contributed by atoms with van der Waals surface area (Å²) < 4.78 is 4.96. The van der Waals surface area contributed by atoms with Crippen molar-refractivity contribution in [3.63, 3.8) is 0 Å². The van der Waals surface area contributed by atoms with Gasteiger partial charge in [-0.15, -0.1) is 0 Å². The summed E-state index contributed by atoms with van der Waals surface area (Å²) in [5.41, 5.74) is 0. The van der Waals surface area contributed by atoms with E-state index in [1.54, 1.807) is 0 Å². The highest BCUT2D eigenvalue weighted by atomic mass is 35.5. The molecule has 2 rings (SSSR count). The lowest BCUT2D eigenvalue weighted by molar-refractivity contribution is 0.160. The molecule has 1 saturated heterocycles. The van der Waals surface area contributed by atoms with Crippen LogP contribution in [0.15, 0.2) is 0 Å². The summed E-state index contributed by atoms with van der Waals surface area (Å²) in [7, 11) is 1.51. The molecule has 20 heavy (non-hydrogen) atoms. The number of nitrogens with zero attached hydrogens (tertiary/aromatic N) is 4. The molecule has 1 fully saturated rings. The van der Waals surface area contributed by atoms with Crippen LogP contribution in [0.2, 0.25) is 5.28 Å². The highest BCUT2D eigenvalue weighted by Gasteiger charge is 2.17. The smallest absolute Gasteiger partial charge is 0.322 e. The van der Waals surface area contributed by atoms with Crippen molar-refractivity contribution in [2.75, 3.05) is 32.1 Å². The van der Waals surface area contributed by atoms with Gasteiger partial charge in [0.25, 0.3) is 0 Å². The average Bonchev–Trinajstić information content (AvgIpc) is 2.44. The number of methoxy groups -OCH3 is 1. The molecule has 0 bridgehead atoms. The predicted octanol–water partition coefficient (Wildman–Crippen LogP) is 2.21. The van der Waals surface area contributed by atoms with Crippen molar-refractivity contribution >= 4 is 17.5 Å². The van der Waals surface area contributed by atoms with E-state index in [0.29, 0.717) is 12.0 Å². The molecule has 0 radical (unpaired) electrons. The lowest BCUT2D eigenvalue weighted by Crippen LogP contribution is -2.38. The van der Waals surface area contributed by atoms with E-state index < -0.39 is 0 Å². The molecule has 1 atom stereocenters. The summed E-state index contributed by atoms with van der Waals surface area (Å²) in [4.78, 5) is 14.5. The van der Waals surface area contributed by atoms with E-state index in [9.17, 15) is 0 Å². The first-order chi connectivity index (χ1) is 9.69. The van der Waals surface area contributed by atoms with Gasteiger partial charge in [-0.05, 0) is 44.3 Å². The summed E-state index contributed by atoms with van der Waals surface area (Å²) >= 11 is 5.79. The van der Waals surface area contributed by atoms with Gasteiger partial charge in [0, 0.05) is 19.1 Å². The zero-order valence-electron chi connectivity index (χ0n) is 12.1. The molecule has 2 heterocycles. The van der Waals surface area contributed by atoms with Gasteiger partial charge in [0.2, 0.25) is 11.2 Å². The second-order valence-corrected chi connectivity index (χ2v) is 5.41. The van der Waals surface area contributed by atoms with Gasteiger partial charge in [0.15, 0.2) is 0 Å². The Morgan fingerprint density at radius 3 is 2.95 bits per heavy atom. The fourth-order valence-electron chi connectivity index (χ4n) is 2.47. The fraction of sp³-hybridized carbons (Fsp3) is 0.769. The van der Waals surface area contributed by atoms with Crippen molar-refractivity contribution in [3.05, 3.63) is 5.28 Å². The van der Waals surface area contributed by atoms with Crippen LogP contribution in [-0.2, 0) is 0 Å². The maximum atomic E-state index is 5.79. The molecule has 0 aliphatic carbocycles.